The van der Waals surface area contributed by atoms with Gasteiger partial charge in [-0.15, -0.1) is 0 Å². The zero-order chi connectivity index (χ0) is 10.9. The number of alkyl halides is 6. The molecule has 0 atom stereocenters. The van der Waals surface area contributed by atoms with Gasteiger partial charge in [0.15, 0.2) is 0 Å². The van der Waals surface area contributed by atoms with Gasteiger partial charge in [0.1, 0.15) is 0 Å². The highest BCUT2D eigenvalue weighted by molar-refractivity contribution is 7.64. The average Bonchev–Trinajstić information content (AvgIpc) is 1.82. The lowest BCUT2D eigenvalue weighted by Gasteiger charge is -2.17. The van der Waals surface area contributed by atoms with E-state index in [1.54, 1.807) is 0 Å². The van der Waals surface area contributed by atoms with Gasteiger partial charge in [0.05, 0.1) is 0 Å². The van der Waals surface area contributed by atoms with Crippen LogP contribution in [0, 0.1) is 0 Å². The summed E-state index contributed by atoms with van der Waals surface area (Å²) in [6, 6.07) is 0. The van der Waals surface area contributed by atoms with Crippen LogP contribution in [0.2, 0.25) is 0 Å². The van der Waals surface area contributed by atoms with E-state index >= 15 is 0 Å². The van der Waals surface area contributed by atoms with Crippen LogP contribution in [0.25, 0.3) is 10.4 Å². The zero-order valence-corrected chi connectivity index (χ0v) is 6.36. The van der Waals surface area contributed by atoms with Crippen molar-refractivity contribution in [2.45, 2.75) is 11.8 Å². The van der Waals surface area contributed by atoms with E-state index in [1.807, 2.05) is 0 Å². The highest BCUT2D eigenvalue weighted by Gasteiger charge is 2.68. The second-order valence-electron chi connectivity index (χ2n) is 1.69. The number of hydrogen-bond donors (Lipinski definition) is 0. The van der Waals surface area contributed by atoms with Crippen LogP contribution in [0.3, 0.4) is 0 Å². The van der Waals surface area contributed by atoms with Gasteiger partial charge in [-0.25, -0.2) is 0 Å². The van der Waals surface area contributed by atoms with E-state index in [-0.39, 0.29) is 0 Å². The molecule has 0 aromatic carbocycles. The molecule has 0 aromatic heterocycles. The minimum Gasteiger partial charge on any atom is -0.297 e. The Morgan fingerprint density at radius 3 is 1.46 bits per heavy atom. The van der Waals surface area contributed by atoms with Gasteiger partial charge in [-0.2, -0.15) is 26.3 Å². The highest BCUT2D eigenvalue weighted by atomic mass is 31.2. The molecule has 0 heterocycles. The Labute approximate surface area is 66.6 Å². The first-order chi connectivity index (χ1) is 5.56. The van der Waals surface area contributed by atoms with Crippen LogP contribution < -0.4 is 0 Å². The second kappa shape index (κ2) is 3.12. The van der Waals surface area contributed by atoms with Crippen molar-refractivity contribution < 1.29 is 30.9 Å². The lowest BCUT2D eigenvalue weighted by Crippen LogP contribution is -2.20. The minimum atomic E-state index is -6.88. The van der Waals surface area contributed by atoms with Gasteiger partial charge in [0.25, 0.3) is 0 Å². The van der Waals surface area contributed by atoms with Gasteiger partial charge in [0, 0.05) is 4.91 Å². The van der Waals surface area contributed by atoms with Crippen molar-refractivity contribution in [2.24, 2.45) is 4.88 Å². The Kier molecular flexibility index (Phi) is 2.90. The van der Waals surface area contributed by atoms with Crippen LogP contribution in [-0.4, -0.2) is 11.8 Å². The van der Waals surface area contributed by atoms with Gasteiger partial charge >= 0.3 is 19.1 Å². The zero-order valence-electron chi connectivity index (χ0n) is 5.46. The summed E-state index contributed by atoms with van der Waals surface area (Å²) >= 11 is 0. The Morgan fingerprint density at radius 2 is 1.38 bits per heavy atom. The summed E-state index contributed by atoms with van der Waals surface area (Å²) in [4.78, 5) is 2.55. The lowest BCUT2D eigenvalue weighted by atomic mass is 11.5. The third kappa shape index (κ3) is 2.07. The van der Waals surface area contributed by atoms with Crippen molar-refractivity contribution in [3.05, 3.63) is 10.4 Å². The SMILES string of the molecule is [N-]=[N+]=NP(=O)(C(F)(F)F)C(F)(F)F. The quantitative estimate of drug-likeness (QED) is 0.222. The molecule has 0 saturated heterocycles. The molecule has 0 spiro atoms. The van der Waals surface area contributed by atoms with E-state index in [2.05, 4.69) is 0 Å². The van der Waals surface area contributed by atoms with Gasteiger partial charge in [-0.3, -0.25) is 4.57 Å². The summed E-state index contributed by atoms with van der Waals surface area (Å²) < 4.78 is 79.4. The molecule has 0 bridgehead atoms. The second-order valence-corrected chi connectivity index (χ2v) is 4.04. The van der Waals surface area contributed by atoms with Gasteiger partial charge in [0.2, 0.25) is 0 Å². The Bertz CT molecular complexity index is 267. The third-order valence-corrected chi connectivity index (χ3v) is 2.56. The molecule has 0 N–H and O–H groups in total. The molecule has 0 aromatic rings. The van der Waals surface area contributed by atoms with Crippen molar-refractivity contribution in [1.29, 1.82) is 0 Å². The molecule has 11 heteroatoms. The molecule has 0 saturated carbocycles. The van der Waals surface area contributed by atoms with Crippen LogP contribution in [0.15, 0.2) is 4.88 Å². The van der Waals surface area contributed by atoms with Crippen molar-refractivity contribution in [1.82, 2.24) is 0 Å². The predicted molar refractivity (Wildman–Crippen MR) is 28.9 cm³/mol. The first kappa shape index (κ1) is 12.1. The fourth-order valence-electron chi connectivity index (χ4n) is 0.301. The summed E-state index contributed by atoms with van der Waals surface area (Å²) in [7, 11) is -6.88. The number of nitrogens with zero attached hydrogens (tertiary/aromatic N) is 3. The molecular weight excluding hydrogens is 227 g/mol. The Balaban J connectivity index is 5.49. The lowest BCUT2D eigenvalue weighted by molar-refractivity contribution is -0.0940. The molecule has 0 aliphatic heterocycles. The molecular formula is C2F6N3OP. The maximum atomic E-state index is 11.5. The summed E-state index contributed by atoms with van der Waals surface area (Å²) in [5, 5.41) is 0. The first-order valence-corrected chi connectivity index (χ1v) is 4.02. The molecule has 0 amide bonds. The number of hydrogen-bond acceptors (Lipinski definition) is 1. The molecule has 13 heavy (non-hydrogen) atoms. The normalized spacial score (nSPS) is 13.7. The maximum Gasteiger partial charge on any atom is 0.455 e. The number of azide groups is 1. The molecule has 0 rings (SSSR count). The van der Waals surface area contributed by atoms with Gasteiger partial charge in [-0.05, 0) is 10.4 Å². The van der Waals surface area contributed by atoms with E-state index in [4.69, 9.17) is 5.53 Å². The van der Waals surface area contributed by atoms with Crippen LogP contribution in [0.1, 0.15) is 0 Å². The molecule has 0 radical (unpaired) electrons. The number of rotatable bonds is 1. The average molecular weight is 227 g/mol. The van der Waals surface area contributed by atoms with E-state index in [0.717, 1.165) is 0 Å². The summed E-state index contributed by atoms with van der Waals surface area (Å²) in [6.45, 7) is 0. The molecule has 0 aliphatic carbocycles. The fraction of sp³-hybridized carbons (Fsp3) is 1.00. The largest absolute Gasteiger partial charge is 0.455 e. The standard InChI is InChI=1S/C2F6N3OP/c3-1(4,5)13(12,11-10-9)2(6,7)8. The van der Waals surface area contributed by atoms with E-state index in [9.17, 15) is 30.9 Å². The van der Waals surface area contributed by atoms with Crippen LogP contribution in [-0.2, 0) is 4.57 Å². The van der Waals surface area contributed by atoms with Crippen molar-refractivity contribution in [3.63, 3.8) is 0 Å². The van der Waals surface area contributed by atoms with Crippen LogP contribution >= 0.6 is 7.29 Å². The monoisotopic (exact) mass is 227 g/mol. The van der Waals surface area contributed by atoms with E-state index in [0.29, 0.717) is 0 Å². The van der Waals surface area contributed by atoms with Crippen LogP contribution in [0.4, 0.5) is 26.3 Å². The maximum absolute atomic E-state index is 11.5. The molecule has 0 aliphatic rings. The van der Waals surface area contributed by atoms with Gasteiger partial charge in [-0.1, -0.05) is 0 Å². The summed E-state index contributed by atoms with van der Waals surface area (Å²) in [6.07, 6.45) is 0. The molecule has 4 nitrogen and oxygen atoms in total. The molecule has 76 valence electrons. The Morgan fingerprint density at radius 1 is 1.08 bits per heavy atom. The highest BCUT2D eigenvalue weighted by Crippen LogP contribution is 2.72. The molecule has 0 unspecified atom stereocenters. The number of halogens is 6. The van der Waals surface area contributed by atoms with Crippen molar-refractivity contribution in [3.8, 4) is 0 Å². The predicted octanol–water partition coefficient (Wildman–Crippen LogP) is 3.61. The van der Waals surface area contributed by atoms with Gasteiger partial charge < -0.3 is 0 Å². The first-order valence-electron chi connectivity index (χ1n) is 2.36. The van der Waals surface area contributed by atoms with Crippen molar-refractivity contribution in [2.75, 3.05) is 0 Å². The molecule has 0 fully saturated rings. The van der Waals surface area contributed by atoms with E-state index < -0.39 is 19.1 Å². The Hall–Kier alpha value is -0.880. The van der Waals surface area contributed by atoms with Crippen molar-refractivity contribution >= 4 is 7.29 Å². The summed E-state index contributed by atoms with van der Waals surface area (Å²) in [5.74, 6) is -12.2. The third-order valence-electron chi connectivity index (χ3n) is 0.853. The van der Waals surface area contributed by atoms with E-state index in [1.165, 1.54) is 9.80 Å². The minimum absolute atomic E-state index is 1.26. The smallest absolute Gasteiger partial charge is 0.297 e. The fourth-order valence-corrected chi connectivity index (χ4v) is 0.904. The van der Waals surface area contributed by atoms with Crippen LogP contribution in [0.5, 0.6) is 0 Å². The topological polar surface area (TPSA) is 65.8 Å². The summed E-state index contributed by atoms with van der Waals surface area (Å²) in [5.41, 5.74) is 7.41.